The van der Waals surface area contributed by atoms with E-state index in [1.807, 2.05) is 0 Å². The summed E-state index contributed by atoms with van der Waals surface area (Å²) in [6.07, 6.45) is 5.44. The predicted molar refractivity (Wildman–Crippen MR) is 116 cm³/mol. The standard InChI is InChI=1S/C24H22FN3O4/c1-31-21-12-19-15(11-16(21)22(26)29)20(6-9-27-19)32-14-4-5-18(17(25)10-14)28-23(30)24(7-8-24)13-2-3-13/h4-6,9-13H,2-3,7-8H2,1H3,(H2,26,29)(H,28,30). The van der Waals surface area contributed by atoms with Gasteiger partial charge in [0.15, 0.2) is 0 Å². The zero-order chi connectivity index (χ0) is 22.5. The molecule has 7 nitrogen and oxygen atoms in total. The number of nitrogens with zero attached hydrogens (tertiary/aromatic N) is 1. The van der Waals surface area contributed by atoms with Gasteiger partial charge in [-0.15, -0.1) is 0 Å². The number of primary amides is 1. The van der Waals surface area contributed by atoms with E-state index in [0.717, 1.165) is 25.7 Å². The number of aromatic nitrogens is 1. The molecule has 0 aliphatic heterocycles. The molecule has 164 valence electrons. The van der Waals surface area contributed by atoms with Crippen LogP contribution < -0.4 is 20.5 Å². The van der Waals surface area contributed by atoms with Gasteiger partial charge in [0.1, 0.15) is 23.1 Å². The van der Waals surface area contributed by atoms with Crippen molar-refractivity contribution >= 4 is 28.4 Å². The van der Waals surface area contributed by atoms with Crippen LogP contribution in [0, 0.1) is 17.2 Å². The van der Waals surface area contributed by atoms with E-state index in [-0.39, 0.29) is 28.3 Å². The van der Waals surface area contributed by atoms with Crippen molar-refractivity contribution in [2.75, 3.05) is 12.4 Å². The van der Waals surface area contributed by atoms with E-state index in [2.05, 4.69) is 10.3 Å². The number of ether oxygens (including phenoxy) is 2. The van der Waals surface area contributed by atoms with Crippen LogP contribution in [0.1, 0.15) is 36.0 Å². The summed E-state index contributed by atoms with van der Waals surface area (Å²) in [7, 11) is 1.44. The minimum atomic E-state index is -0.649. The maximum Gasteiger partial charge on any atom is 0.252 e. The molecule has 2 aliphatic rings. The predicted octanol–water partition coefficient (Wildman–Crippen LogP) is 4.40. The zero-order valence-electron chi connectivity index (χ0n) is 17.5. The first-order valence-corrected chi connectivity index (χ1v) is 10.5. The molecule has 2 aromatic carbocycles. The van der Waals surface area contributed by atoms with Gasteiger partial charge in [-0.3, -0.25) is 14.6 Å². The van der Waals surface area contributed by atoms with Crippen LogP contribution in [-0.4, -0.2) is 23.9 Å². The maximum absolute atomic E-state index is 14.7. The van der Waals surface area contributed by atoms with E-state index >= 15 is 0 Å². The summed E-state index contributed by atoms with van der Waals surface area (Å²) >= 11 is 0. The number of anilines is 1. The fourth-order valence-electron chi connectivity index (χ4n) is 4.22. The lowest BCUT2D eigenvalue weighted by atomic mass is 9.99. The Morgan fingerprint density at radius 2 is 1.94 bits per heavy atom. The number of fused-ring (bicyclic) bond motifs is 1. The Hall–Kier alpha value is -3.68. The third-order valence-electron chi connectivity index (χ3n) is 6.30. The van der Waals surface area contributed by atoms with Crippen LogP contribution in [0.5, 0.6) is 17.2 Å². The Morgan fingerprint density at radius 1 is 1.16 bits per heavy atom. The average Bonchev–Trinajstić information content (AvgIpc) is 3.67. The van der Waals surface area contributed by atoms with Gasteiger partial charge in [0, 0.05) is 23.7 Å². The first-order valence-electron chi connectivity index (χ1n) is 10.5. The molecule has 2 amide bonds. The van der Waals surface area contributed by atoms with Crippen LogP contribution in [0.3, 0.4) is 0 Å². The summed E-state index contributed by atoms with van der Waals surface area (Å²) in [6, 6.07) is 9.04. The van der Waals surface area contributed by atoms with Gasteiger partial charge in [-0.2, -0.15) is 0 Å². The molecule has 0 unspecified atom stereocenters. The van der Waals surface area contributed by atoms with Crippen molar-refractivity contribution in [2.24, 2.45) is 17.1 Å². The Labute approximate surface area is 183 Å². The monoisotopic (exact) mass is 435 g/mol. The summed E-state index contributed by atoms with van der Waals surface area (Å²) in [4.78, 5) is 28.7. The Morgan fingerprint density at radius 3 is 2.56 bits per heavy atom. The molecule has 2 fully saturated rings. The summed E-state index contributed by atoms with van der Waals surface area (Å²) in [6.45, 7) is 0. The number of nitrogens with one attached hydrogen (secondary N) is 1. The second-order valence-corrected chi connectivity index (χ2v) is 8.37. The number of carbonyl (C=O) groups is 2. The molecular weight excluding hydrogens is 413 g/mol. The lowest BCUT2D eigenvalue weighted by Gasteiger charge is -2.15. The van der Waals surface area contributed by atoms with Crippen molar-refractivity contribution in [3.05, 3.63) is 54.0 Å². The van der Waals surface area contributed by atoms with E-state index in [9.17, 15) is 14.0 Å². The van der Waals surface area contributed by atoms with Crippen LogP contribution in [0.25, 0.3) is 10.9 Å². The third-order valence-corrected chi connectivity index (χ3v) is 6.30. The van der Waals surface area contributed by atoms with Crippen molar-refractivity contribution in [3.8, 4) is 17.2 Å². The van der Waals surface area contributed by atoms with E-state index in [0.29, 0.717) is 28.3 Å². The lowest BCUT2D eigenvalue weighted by Crippen LogP contribution is -2.26. The number of nitrogens with two attached hydrogens (primary N) is 1. The smallest absolute Gasteiger partial charge is 0.252 e. The van der Waals surface area contributed by atoms with Crippen molar-refractivity contribution in [2.45, 2.75) is 25.7 Å². The molecule has 0 bridgehead atoms. The topological polar surface area (TPSA) is 104 Å². The van der Waals surface area contributed by atoms with Crippen LogP contribution in [0.4, 0.5) is 10.1 Å². The van der Waals surface area contributed by atoms with E-state index in [4.69, 9.17) is 15.2 Å². The number of carbonyl (C=O) groups excluding carboxylic acids is 2. The van der Waals surface area contributed by atoms with Gasteiger partial charge in [0.2, 0.25) is 5.91 Å². The van der Waals surface area contributed by atoms with Gasteiger partial charge in [-0.1, -0.05) is 0 Å². The minimum absolute atomic E-state index is 0.0966. The summed E-state index contributed by atoms with van der Waals surface area (Å²) in [5, 5.41) is 3.27. The number of hydrogen-bond acceptors (Lipinski definition) is 5. The highest BCUT2D eigenvalue weighted by Crippen LogP contribution is 2.61. The Balaban J connectivity index is 1.40. The summed E-state index contributed by atoms with van der Waals surface area (Å²) in [5.74, 6) is 0.0394. The van der Waals surface area contributed by atoms with E-state index < -0.39 is 11.7 Å². The number of rotatable bonds is 7. The SMILES string of the molecule is COc1cc2nccc(Oc3ccc(NC(=O)C4(C5CC5)CC4)c(F)c3)c2cc1C(N)=O. The normalized spacial score (nSPS) is 16.4. The Kier molecular flexibility index (Phi) is 4.73. The molecule has 1 heterocycles. The van der Waals surface area contributed by atoms with Crippen molar-refractivity contribution < 1.29 is 23.5 Å². The highest BCUT2D eigenvalue weighted by atomic mass is 19.1. The number of methoxy groups -OCH3 is 1. The molecule has 1 aromatic heterocycles. The fourth-order valence-corrected chi connectivity index (χ4v) is 4.22. The molecule has 0 atom stereocenters. The van der Waals surface area contributed by atoms with Crippen LogP contribution in [0.15, 0.2) is 42.6 Å². The number of pyridine rings is 1. The van der Waals surface area contributed by atoms with Gasteiger partial charge >= 0.3 is 0 Å². The summed E-state index contributed by atoms with van der Waals surface area (Å²) in [5.41, 5.74) is 6.01. The second-order valence-electron chi connectivity index (χ2n) is 8.37. The second kappa shape index (κ2) is 7.47. The first kappa shape index (κ1) is 20.2. The minimum Gasteiger partial charge on any atom is -0.496 e. The van der Waals surface area contributed by atoms with Crippen LogP contribution in [0.2, 0.25) is 0 Å². The first-order chi connectivity index (χ1) is 15.4. The summed E-state index contributed by atoms with van der Waals surface area (Å²) < 4.78 is 25.8. The van der Waals surface area contributed by atoms with Crippen molar-refractivity contribution in [1.82, 2.24) is 4.98 Å². The number of hydrogen-bond donors (Lipinski definition) is 2. The third kappa shape index (κ3) is 3.51. The molecule has 0 spiro atoms. The number of benzene rings is 2. The molecule has 0 saturated heterocycles. The largest absolute Gasteiger partial charge is 0.496 e. The van der Waals surface area contributed by atoms with Gasteiger partial charge in [-0.05, 0) is 55.9 Å². The molecule has 3 aromatic rings. The Bertz CT molecular complexity index is 1250. The molecule has 3 N–H and O–H groups in total. The van der Waals surface area contributed by atoms with Gasteiger partial charge in [0.05, 0.1) is 29.3 Å². The molecule has 32 heavy (non-hydrogen) atoms. The van der Waals surface area contributed by atoms with Crippen molar-refractivity contribution in [3.63, 3.8) is 0 Å². The zero-order valence-corrected chi connectivity index (χ0v) is 17.5. The average molecular weight is 435 g/mol. The highest BCUT2D eigenvalue weighted by molar-refractivity contribution is 6.01. The van der Waals surface area contributed by atoms with E-state index in [1.165, 1.54) is 25.3 Å². The number of halogens is 1. The van der Waals surface area contributed by atoms with Gasteiger partial charge < -0.3 is 20.5 Å². The molecule has 2 saturated carbocycles. The molecular formula is C24H22FN3O4. The fraction of sp³-hybridized carbons (Fsp3) is 0.292. The molecule has 5 rings (SSSR count). The number of amides is 2. The molecule has 8 heteroatoms. The van der Waals surface area contributed by atoms with Gasteiger partial charge in [0.25, 0.3) is 5.91 Å². The molecule has 2 aliphatic carbocycles. The highest BCUT2D eigenvalue weighted by Gasteiger charge is 2.59. The lowest BCUT2D eigenvalue weighted by molar-refractivity contribution is -0.121. The van der Waals surface area contributed by atoms with Crippen molar-refractivity contribution in [1.29, 1.82) is 0 Å². The molecule has 0 radical (unpaired) electrons. The maximum atomic E-state index is 14.7. The van der Waals surface area contributed by atoms with Gasteiger partial charge in [-0.25, -0.2) is 4.39 Å². The quantitative estimate of drug-likeness (QED) is 0.572. The van der Waals surface area contributed by atoms with Crippen LogP contribution >= 0.6 is 0 Å². The van der Waals surface area contributed by atoms with Crippen LogP contribution in [-0.2, 0) is 4.79 Å². The van der Waals surface area contributed by atoms with E-state index in [1.54, 1.807) is 24.4 Å².